The minimum Gasteiger partial charge on any atom is -0.744 e. The summed E-state index contributed by atoms with van der Waals surface area (Å²) in [5.74, 6) is 0.927. The van der Waals surface area contributed by atoms with Crippen molar-refractivity contribution in [2.24, 2.45) is 0 Å². The normalized spacial score (nSPS) is 10.7. The minimum atomic E-state index is -4.27. The molecule has 0 aliphatic rings. The monoisotopic (exact) mass is 496 g/mol. The van der Waals surface area contributed by atoms with E-state index < -0.39 is 10.1 Å². The second-order valence-electron chi connectivity index (χ2n) is 5.82. The summed E-state index contributed by atoms with van der Waals surface area (Å²) in [5.41, 5.74) is 2.25. The number of hydrogen-bond donors (Lipinski definition) is 0. The number of hydrogen-bond acceptors (Lipinski definition) is 4. The first kappa shape index (κ1) is 21.4. The number of ether oxygens (including phenoxy) is 1. The second kappa shape index (κ2) is 9.87. The van der Waals surface area contributed by atoms with Crippen molar-refractivity contribution in [2.75, 3.05) is 7.11 Å². The van der Waals surface area contributed by atoms with E-state index in [0.29, 0.717) is 0 Å². The van der Waals surface area contributed by atoms with E-state index in [9.17, 15) is 13.0 Å². The van der Waals surface area contributed by atoms with Crippen LogP contribution in [0, 0.1) is 21.0 Å². The predicted molar refractivity (Wildman–Crippen MR) is 101 cm³/mol. The highest BCUT2D eigenvalue weighted by molar-refractivity contribution is 7.85. The Morgan fingerprint density at radius 1 is 0.741 bits per heavy atom. The first-order chi connectivity index (χ1) is 12.8. The average molecular weight is 496 g/mol. The van der Waals surface area contributed by atoms with Crippen LogP contribution in [0.15, 0.2) is 77.7 Å². The summed E-state index contributed by atoms with van der Waals surface area (Å²) in [4.78, 5) is -0.178. The number of rotatable bonds is 4. The first-order valence-electron chi connectivity index (χ1n) is 8.16. The molecule has 3 aromatic rings. The second-order valence-corrected chi connectivity index (χ2v) is 10.2. The van der Waals surface area contributed by atoms with Crippen molar-refractivity contribution in [3.63, 3.8) is 0 Å². The maximum atomic E-state index is 10.4. The summed E-state index contributed by atoms with van der Waals surface area (Å²) in [7, 11) is -2.57. The zero-order valence-electron chi connectivity index (χ0n) is 15.3. The third-order valence-electron chi connectivity index (χ3n) is 3.59. The Morgan fingerprint density at radius 2 is 1.15 bits per heavy atom. The Balaban J connectivity index is 0.000000208. The van der Waals surface area contributed by atoms with Crippen LogP contribution in [-0.2, 0) is 10.1 Å². The van der Waals surface area contributed by atoms with Gasteiger partial charge in [-0.05, 0) is 62.4 Å². The SMILES string of the molecule is COc1ccc([I+]c2ccc(C)cc2)cc1.Cc1ccc(S(=O)(=O)[O-])cc1. The molecular weight excluding hydrogens is 475 g/mol. The average Bonchev–Trinajstić information content (AvgIpc) is 2.64. The third kappa shape index (κ3) is 7.32. The summed E-state index contributed by atoms with van der Waals surface area (Å²) in [5, 5.41) is 0. The fraction of sp³-hybridized carbons (Fsp3) is 0.143. The molecule has 3 rings (SSSR count). The van der Waals surface area contributed by atoms with Crippen LogP contribution in [0.5, 0.6) is 5.75 Å². The molecule has 0 unspecified atom stereocenters. The molecule has 6 heteroatoms. The van der Waals surface area contributed by atoms with Gasteiger partial charge < -0.3 is 9.29 Å². The molecule has 0 saturated heterocycles. The third-order valence-corrected chi connectivity index (χ3v) is 7.12. The Hall–Kier alpha value is -1.90. The highest BCUT2D eigenvalue weighted by Crippen LogP contribution is 2.08. The van der Waals surface area contributed by atoms with Crippen molar-refractivity contribution >= 4 is 10.1 Å². The summed E-state index contributed by atoms with van der Waals surface area (Å²) >= 11 is -0.0577. The van der Waals surface area contributed by atoms with Crippen LogP contribution >= 0.6 is 0 Å². The van der Waals surface area contributed by atoms with Crippen LogP contribution in [0.3, 0.4) is 0 Å². The lowest BCUT2D eigenvalue weighted by atomic mass is 10.2. The van der Waals surface area contributed by atoms with Gasteiger partial charge in [0.1, 0.15) is 15.9 Å². The number of benzene rings is 3. The van der Waals surface area contributed by atoms with Gasteiger partial charge >= 0.3 is 21.2 Å². The quantitative estimate of drug-likeness (QED) is 0.400. The van der Waals surface area contributed by atoms with Gasteiger partial charge in [-0.3, -0.25) is 0 Å². The summed E-state index contributed by atoms with van der Waals surface area (Å²) in [6.07, 6.45) is 0. The van der Waals surface area contributed by atoms with Crippen molar-refractivity contribution in [3.8, 4) is 5.75 Å². The lowest BCUT2D eigenvalue weighted by Crippen LogP contribution is -3.61. The molecule has 0 aromatic heterocycles. The van der Waals surface area contributed by atoms with Gasteiger partial charge in [0.05, 0.1) is 12.0 Å². The molecule has 0 N–H and O–H groups in total. The highest BCUT2D eigenvalue weighted by Gasteiger charge is 2.14. The molecule has 3 aromatic carbocycles. The molecule has 0 amide bonds. The molecular formula is C21H21IO4S. The van der Waals surface area contributed by atoms with E-state index in [0.717, 1.165) is 11.3 Å². The van der Waals surface area contributed by atoms with Crippen LogP contribution < -0.4 is 25.9 Å². The Bertz CT molecular complexity index is 949. The number of halogens is 1. The van der Waals surface area contributed by atoms with Gasteiger partial charge in [0.15, 0.2) is 7.14 Å². The van der Waals surface area contributed by atoms with Gasteiger partial charge in [-0.15, -0.1) is 0 Å². The topological polar surface area (TPSA) is 66.4 Å². The van der Waals surface area contributed by atoms with E-state index in [2.05, 4.69) is 43.3 Å². The van der Waals surface area contributed by atoms with Crippen molar-refractivity contribution in [3.05, 3.63) is 91.1 Å². The van der Waals surface area contributed by atoms with E-state index in [1.54, 1.807) is 19.2 Å². The van der Waals surface area contributed by atoms with Crippen molar-refractivity contribution in [1.29, 1.82) is 0 Å². The highest BCUT2D eigenvalue weighted by atomic mass is 127. The Morgan fingerprint density at radius 3 is 1.56 bits per heavy atom. The van der Waals surface area contributed by atoms with Crippen molar-refractivity contribution in [2.45, 2.75) is 18.7 Å². The van der Waals surface area contributed by atoms with Gasteiger partial charge in [-0.2, -0.15) is 0 Å². The molecule has 4 nitrogen and oxygen atoms in total. The fourth-order valence-electron chi connectivity index (χ4n) is 2.06. The smallest absolute Gasteiger partial charge is 0.357 e. The molecule has 0 fully saturated rings. The molecule has 0 heterocycles. The van der Waals surface area contributed by atoms with Crippen LogP contribution in [0.4, 0.5) is 0 Å². The van der Waals surface area contributed by atoms with E-state index >= 15 is 0 Å². The lowest BCUT2D eigenvalue weighted by Gasteiger charge is -2.05. The molecule has 0 spiro atoms. The Labute approximate surface area is 171 Å². The first-order valence-corrected chi connectivity index (χ1v) is 11.7. The van der Waals surface area contributed by atoms with Crippen molar-refractivity contribution < 1.29 is 38.9 Å². The maximum absolute atomic E-state index is 10.4. The molecule has 0 radical (unpaired) electrons. The maximum Gasteiger partial charge on any atom is 0.357 e. The molecule has 0 aliphatic heterocycles. The molecule has 0 aliphatic carbocycles. The summed E-state index contributed by atoms with van der Waals surface area (Å²) in [6, 6.07) is 23.0. The van der Waals surface area contributed by atoms with Crippen molar-refractivity contribution in [1.82, 2.24) is 0 Å². The number of aryl methyl sites for hydroxylation is 2. The summed E-state index contributed by atoms with van der Waals surface area (Å²) in [6.45, 7) is 3.94. The van der Waals surface area contributed by atoms with E-state index in [4.69, 9.17) is 4.74 Å². The van der Waals surface area contributed by atoms with Crippen LogP contribution in [0.1, 0.15) is 11.1 Å². The van der Waals surface area contributed by atoms with E-state index in [-0.39, 0.29) is 26.1 Å². The molecule has 0 saturated carbocycles. The predicted octanol–water partition coefficient (Wildman–Crippen LogP) is 1.03. The van der Waals surface area contributed by atoms with Gasteiger partial charge in [0.2, 0.25) is 0 Å². The fourth-order valence-corrected chi connectivity index (χ4v) is 4.69. The lowest BCUT2D eigenvalue weighted by molar-refractivity contribution is -0.597. The zero-order chi connectivity index (χ0) is 19.9. The standard InChI is InChI=1S/C14H14IO.C7H8O3S/c1-11-3-5-12(6-4-11)15-13-7-9-14(16-2)10-8-13;1-6-2-4-7(5-3-6)11(8,9)10/h3-10H,1-2H3;2-5H,1H3,(H,8,9,10)/q+1;/p-1. The van der Waals surface area contributed by atoms with Gasteiger partial charge in [-0.25, -0.2) is 8.42 Å². The molecule has 142 valence electrons. The van der Waals surface area contributed by atoms with Gasteiger partial charge in [0, 0.05) is 0 Å². The molecule has 0 bridgehead atoms. The van der Waals surface area contributed by atoms with Crippen LogP contribution in [0.2, 0.25) is 0 Å². The van der Waals surface area contributed by atoms with Crippen LogP contribution in [-0.4, -0.2) is 20.1 Å². The van der Waals surface area contributed by atoms with Gasteiger partial charge in [0.25, 0.3) is 0 Å². The van der Waals surface area contributed by atoms with E-state index in [1.807, 2.05) is 19.1 Å². The Kier molecular flexibility index (Phi) is 7.82. The molecule has 0 atom stereocenters. The summed E-state index contributed by atoms with van der Waals surface area (Å²) < 4.78 is 39.2. The van der Waals surface area contributed by atoms with E-state index in [1.165, 1.54) is 24.8 Å². The minimum absolute atomic E-state index is 0.0577. The van der Waals surface area contributed by atoms with Gasteiger partial charge in [-0.1, -0.05) is 35.4 Å². The number of methoxy groups -OCH3 is 1. The largest absolute Gasteiger partial charge is 0.744 e. The zero-order valence-corrected chi connectivity index (χ0v) is 18.3. The van der Waals surface area contributed by atoms with Crippen LogP contribution in [0.25, 0.3) is 0 Å². The molecule has 27 heavy (non-hydrogen) atoms.